The second-order valence-corrected chi connectivity index (χ2v) is 8.06. The normalized spacial score (nSPS) is 12.1. The molecule has 0 aromatic heterocycles. The van der Waals surface area contributed by atoms with Gasteiger partial charge in [0.1, 0.15) is 19.0 Å². The highest BCUT2D eigenvalue weighted by atomic mass is 16.6. The average Bonchev–Trinajstić information content (AvgIpc) is 2.90. The highest BCUT2D eigenvalue weighted by Gasteiger charge is 2.17. The summed E-state index contributed by atoms with van der Waals surface area (Å²) in [5, 5.41) is 7.55. The fourth-order valence-electron chi connectivity index (χ4n) is 3.85. The van der Waals surface area contributed by atoms with E-state index in [-0.39, 0.29) is 18.4 Å². The maximum absolute atomic E-state index is 13.0. The number of hydrogen-bond acceptors (Lipinski definition) is 5. The van der Waals surface area contributed by atoms with E-state index >= 15 is 0 Å². The van der Waals surface area contributed by atoms with Gasteiger partial charge in [0, 0.05) is 18.3 Å². The lowest BCUT2D eigenvalue weighted by Gasteiger charge is -2.19. The van der Waals surface area contributed by atoms with Crippen LogP contribution in [0.4, 0.5) is 5.69 Å². The van der Waals surface area contributed by atoms with E-state index in [4.69, 9.17) is 14.2 Å². The Balaban J connectivity index is 1.30. The van der Waals surface area contributed by atoms with Crippen molar-refractivity contribution in [3.8, 4) is 17.2 Å². The lowest BCUT2D eigenvalue weighted by atomic mass is 10.1. The summed E-state index contributed by atoms with van der Waals surface area (Å²) < 4.78 is 16.9. The largest absolute Gasteiger partial charge is 0.486 e. The van der Waals surface area contributed by atoms with Gasteiger partial charge in [-0.25, -0.2) is 0 Å². The van der Waals surface area contributed by atoms with Crippen molar-refractivity contribution in [2.24, 2.45) is 0 Å². The number of nitrogens with one attached hydrogen (secondary N) is 2. The maximum Gasteiger partial charge on any atom is 0.262 e. The minimum Gasteiger partial charge on any atom is -0.486 e. The van der Waals surface area contributed by atoms with Crippen LogP contribution >= 0.6 is 0 Å². The highest BCUT2D eigenvalue weighted by molar-refractivity contribution is 6.02. The van der Waals surface area contributed by atoms with Crippen molar-refractivity contribution in [2.75, 3.05) is 25.1 Å². The number of ether oxygens (including phenoxy) is 3. The van der Waals surface area contributed by atoms with Gasteiger partial charge in [0.05, 0.1) is 5.56 Å². The summed E-state index contributed by atoms with van der Waals surface area (Å²) in [4.78, 5) is 25.6. The van der Waals surface area contributed by atoms with E-state index in [1.165, 1.54) is 0 Å². The molecule has 2 amide bonds. The van der Waals surface area contributed by atoms with Gasteiger partial charge >= 0.3 is 0 Å². The molecule has 0 atom stereocenters. The summed E-state index contributed by atoms with van der Waals surface area (Å²) in [6.45, 7) is 1.09. The molecule has 0 fully saturated rings. The molecule has 5 rings (SSSR count). The molecule has 2 N–H and O–H groups in total. The predicted molar refractivity (Wildman–Crippen MR) is 133 cm³/mol. The molecule has 1 aliphatic rings. The summed E-state index contributed by atoms with van der Waals surface area (Å²) >= 11 is 0. The van der Waals surface area contributed by atoms with Crippen LogP contribution in [0.1, 0.15) is 15.9 Å². The van der Waals surface area contributed by atoms with E-state index < -0.39 is 0 Å². The number of rotatable bonds is 7. The molecule has 0 spiro atoms. The molecule has 0 bridgehead atoms. The summed E-state index contributed by atoms with van der Waals surface area (Å²) in [7, 11) is 0. The highest BCUT2D eigenvalue weighted by Crippen LogP contribution is 2.32. The molecule has 7 nitrogen and oxygen atoms in total. The molecular weight excluding hydrogens is 444 g/mol. The van der Waals surface area contributed by atoms with Crippen molar-refractivity contribution in [3.63, 3.8) is 0 Å². The molecule has 1 heterocycles. The van der Waals surface area contributed by atoms with Gasteiger partial charge in [-0.1, -0.05) is 54.6 Å². The van der Waals surface area contributed by atoms with Crippen LogP contribution in [0.3, 0.4) is 0 Å². The van der Waals surface area contributed by atoms with Gasteiger partial charge in [-0.15, -0.1) is 0 Å². The minimum absolute atomic E-state index is 0.258. The van der Waals surface area contributed by atoms with Crippen molar-refractivity contribution in [3.05, 3.63) is 96.1 Å². The molecule has 0 saturated heterocycles. The summed E-state index contributed by atoms with van der Waals surface area (Å²) in [5.74, 6) is 0.939. The van der Waals surface area contributed by atoms with E-state index in [0.29, 0.717) is 48.3 Å². The first kappa shape index (κ1) is 22.3. The molecule has 7 heteroatoms. The number of fused-ring (bicyclic) bond motifs is 2. The molecule has 0 saturated carbocycles. The number of hydrogen-bond donors (Lipinski definition) is 2. The average molecular weight is 469 g/mol. The first-order chi connectivity index (χ1) is 17.2. The fraction of sp³-hybridized carbons (Fsp3) is 0.143. The molecule has 0 unspecified atom stereocenters. The SMILES string of the molecule is O=C(COc1cc2ccccc2cc1C(=O)NCc1ccccc1)Nc1ccc2c(c1)OCCO2. The lowest BCUT2D eigenvalue weighted by molar-refractivity contribution is -0.118. The molecule has 0 radical (unpaired) electrons. The molecule has 4 aromatic carbocycles. The van der Waals surface area contributed by atoms with Crippen molar-refractivity contribution in [1.82, 2.24) is 5.32 Å². The van der Waals surface area contributed by atoms with E-state index in [9.17, 15) is 9.59 Å². The standard InChI is InChI=1S/C28H24N2O5/c31-27(30-22-10-11-24-26(16-22)34-13-12-33-24)18-35-25-15-21-9-5-4-8-20(21)14-23(25)28(32)29-17-19-6-2-1-3-7-19/h1-11,14-16H,12-13,17-18H2,(H,29,32)(H,30,31). The summed E-state index contributed by atoms with van der Waals surface area (Å²) in [6.07, 6.45) is 0. The van der Waals surface area contributed by atoms with Crippen molar-refractivity contribution < 1.29 is 23.8 Å². The second kappa shape index (κ2) is 10.2. The van der Waals surface area contributed by atoms with E-state index in [2.05, 4.69) is 10.6 Å². The van der Waals surface area contributed by atoms with Gasteiger partial charge < -0.3 is 24.8 Å². The summed E-state index contributed by atoms with van der Waals surface area (Å²) in [5.41, 5.74) is 1.93. The molecule has 0 aliphatic carbocycles. The third-order valence-corrected chi connectivity index (χ3v) is 5.57. The second-order valence-electron chi connectivity index (χ2n) is 8.06. The Kier molecular flexibility index (Phi) is 6.48. The third kappa shape index (κ3) is 5.35. The van der Waals surface area contributed by atoms with Crippen LogP contribution in [-0.4, -0.2) is 31.6 Å². The smallest absolute Gasteiger partial charge is 0.262 e. The van der Waals surface area contributed by atoms with Crippen LogP contribution in [0.25, 0.3) is 10.8 Å². The molecule has 1 aliphatic heterocycles. The topological polar surface area (TPSA) is 85.9 Å². The van der Waals surface area contributed by atoms with Gasteiger partial charge in [-0.3, -0.25) is 9.59 Å². The van der Waals surface area contributed by atoms with E-state index in [1.807, 2.05) is 54.6 Å². The predicted octanol–water partition coefficient (Wildman–Crippen LogP) is 4.56. The van der Waals surface area contributed by atoms with Crippen LogP contribution in [0.5, 0.6) is 17.2 Å². The van der Waals surface area contributed by atoms with E-state index in [0.717, 1.165) is 16.3 Å². The monoisotopic (exact) mass is 468 g/mol. The zero-order chi connectivity index (χ0) is 24.0. The van der Waals surface area contributed by atoms with Gasteiger partial charge in [0.25, 0.3) is 11.8 Å². The van der Waals surface area contributed by atoms with Gasteiger partial charge in [-0.05, 0) is 40.6 Å². The lowest BCUT2D eigenvalue weighted by Crippen LogP contribution is -2.25. The number of carbonyl (C=O) groups excluding carboxylic acids is 2. The van der Waals surface area contributed by atoms with E-state index in [1.54, 1.807) is 30.3 Å². The van der Waals surface area contributed by atoms with Gasteiger partial charge in [0.15, 0.2) is 18.1 Å². The molecule has 4 aromatic rings. The zero-order valence-corrected chi connectivity index (χ0v) is 19.0. The Morgan fingerprint density at radius 3 is 2.31 bits per heavy atom. The van der Waals surface area contributed by atoms with Crippen LogP contribution in [0.2, 0.25) is 0 Å². The Morgan fingerprint density at radius 2 is 1.51 bits per heavy atom. The van der Waals surface area contributed by atoms with Crippen LogP contribution in [-0.2, 0) is 11.3 Å². The Bertz CT molecular complexity index is 1370. The van der Waals surface area contributed by atoms with Crippen molar-refractivity contribution in [1.29, 1.82) is 0 Å². The van der Waals surface area contributed by atoms with Gasteiger partial charge in [-0.2, -0.15) is 0 Å². The fourth-order valence-corrected chi connectivity index (χ4v) is 3.85. The first-order valence-corrected chi connectivity index (χ1v) is 11.3. The Labute approximate surface area is 202 Å². The number of anilines is 1. The van der Waals surface area contributed by atoms with Crippen LogP contribution < -0.4 is 24.8 Å². The van der Waals surface area contributed by atoms with Crippen LogP contribution in [0, 0.1) is 0 Å². The quantitative estimate of drug-likeness (QED) is 0.415. The molecule has 35 heavy (non-hydrogen) atoms. The summed E-state index contributed by atoms with van der Waals surface area (Å²) in [6, 6.07) is 26.1. The van der Waals surface area contributed by atoms with Crippen LogP contribution in [0.15, 0.2) is 84.9 Å². The first-order valence-electron chi connectivity index (χ1n) is 11.3. The molecular formula is C28H24N2O5. The van der Waals surface area contributed by atoms with Gasteiger partial charge in [0.2, 0.25) is 0 Å². The van der Waals surface area contributed by atoms with Crippen molar-refractivity contribution in [2.45, 2.75) is 6.54 Å². The van der Waals surface area contributed by atoms with Crippen molar-refractivity contribution >= 4 is 28.3 Å². The molecule has 176 valence electrons. The maximum atomic E-state index is 13.0. The number of benzene rings is 4. The Hall–Kier alpha value is -4.52. The number of carbonyl (C=O) groups is 2. The number of amides is 2. The third-order valence-electron chi connectivity index (χ3n) is 5.57. The zero-order valence-electron chi connectivity index (χ0n) is 19.0. The Morgan fingerprint density at radius 1 is 0.800 bits per heavy atom. The minimum atomic E-state index is -0.356.